The number of ether oxygens (including phenoxy) is 1. The molecule has 11 heteroatoms. The van der Waals surface area contributed by atoms with Gasteiger partial charge in [0.25, 0.3) is 5.91 Å². The Bertz CT molecular complexity index is 1590. The van der Waals surface area contributed by atoms with Gasteiger partial charge in [0.05, 0.1) is 18.7 Å². The molecule has 3 amide bonds. The maximum Gasteiger partial charge on any atom is 0.323 e. The highest BCUT2D eigenvalue weighted by atomic mass is 16.5. The van der Waals surface area contributed by atoms with E-state index in [4.69, 9.17) is 14.7 Å². The van der Waals surface area contributed by atoms with E-state index < -0.39 is 0 Å². The van der Waals surface area contributed by atoms with Gasteiger partial charge in [0, 0.05) is 81.1 Å². The third-order valence-corrected chi connectivity index (χ3v) is 8.13. The number of morpholine rings is 1. The van der Waals surface area contributed by atoms with Crippen LogP contribution < -0.4 is 15.5 Å². The lowest BCUT2D eigenvalue weighted by Crippen LogP contribution is -2.50. The molecule has 2 aliphatic rings. The topological polar surface area (TPSA) is 108 Å². The molecule has 0 aliphatic carbocycles. The van der Waals surface area contributed by atoms with Crippen LogP contribution in [0.2, 0.25) is 0 Å². The van der Waals surface area contributed by atoms with Crippen molar-refractivity contribution in [2.75, 3.05) is 68.0 Å². The molecule has 4 heterocycles. The lowest BCUT2D eigenvalue weighted by molar-refractivity contribution is 0.0595. The van der Waals surface area contributed by atoms with E-state index in [9.17, 15) is 9.59 Å². The molecule has 2 aromatic carbocycles. The van der Waals surface area contributed by atoms with Crippen LogP contribution in [0.15, 0.2) is 60.8 Å². The molecule has 2 aliphatic heterocycles. The Hall–Kier alpha value is -4.48. The van der Waals surface area contributed by atoms with E-state index in [1.165, 1.54) is 0 Å². The number of carbonyl (C=O) groups excluding carboxylic acids is 2. The van der Waals surface area contributed by atoms with Crippen LogP contribution in [0.1, 0.15) is 24.2 Å². The average Bonchev–Trinajstić information content (AvgIpc) is 3.41. The number of rotatable bonds is 6. The van der Waals surface area contributed by atoms with Gasteiger partial charge in [-0.3, -0.25) is 9.69 Å². The first-order valence-electron chi connectivity index (χ1n) is 14.8. The summed E-state index contributed by atoms with van der Waals surface area (Å²) in [6.07, 6.45) is 2.00. The number of piperazine rings is 1. The number of hydrogen-bond acceptors (Lipinski definition) is 7. The molecule has 0 spiro atoms. The molecule has 2 saturated heterocycles. The van der Waals surface area contributed by atoms with Crippen molar-refractivity contribution in [2.24, 2.45) is 7.05 Å². The van der Waals surface area contributed by atoms with Gasteiger partial charge in [0.15, 0.2) is 11.6 Å². The monoisotopic (exact) mass is 582 g/mol. The molecule has 2 fully saturated rings. The second-order valence-corrected chi connectivity index (χ2v) is 11.3. The number of amides is 3. The minimum absolute atomic E-state index is 0.0203. The lowest BCUT2D eigenvalue weighted by atomic mass is 10.1. The van der Waals surface area contributed by atoms with Crippen molar-refractivity contribution in [2.45, 2.75) is 19.9 Å². The van der Waals surface area contributed by atoms with Crippen molar-refractivity contribution >= 4 is 40.2 Å². The van der Waals surface area contributed by atoms with Crippen LogP contribution in [0.3, 0.4) is 0 Å². The molecule has 224 valence electrons. The number of aryl methyl sites for hydroxylation is 1. The van der Waals surface area contributed by atoms with Crippen molar-refractivity contribution in [3.63, 3.8) is 0 Å². The van der Waals surface area contributed by atoms with Gasteiger partial charge in [-0.1, -0.05) is 0 Å². The van der Waals surface area contributed by atoms with E-state index in [1.807, 2.05) is 48.5 Å². The lowest BCUT2D eigenvalue weighted by Gasteiger charge is -2.37. The Morgan fingerprint density at radius 2 is 1.44 bits per heavy atom. The molecule has 2 aromatic heterocycles. The molecule has 0 radical (unpaired) electrons. The summed E-state index contributed by atoms with van der Waals surface area (Å²) in [5.41, 5.74) is 4.61. The van der Waals surface area contributed by atoms with Crippen LogP contribution in [-0.4, -0.2) is 94.8 Å². The van der Waals surface area contributed by atoms with E-state index >= 15 is 0 Å². The SMILES string of the molecule is CC(C)N1CCN(C(=O)c2ccc(NC(=O)Nc3ccc(-c4nc(N5CCOCC5)c5c(ccn5C)n4)cc3)cc2)CC1. The van der Waals surface area contributed by atoms with Gasteiger partial charge in [-0.15, -0.1) is 0 Å². The molecule has 2 N–H and O–H groups in total. The minimum Gasteiger partial charge on any atom is -0.378 e. The zero-order valence-corrected chi connectivity index (χ0v) is 24.9. The van der Waals surface area contributed by atoms with Crippen molar-refractivity contribution in [1.29, 1.82) is 0 Å². The Morgan fingerprint density at radius 3 is 2.07 bits per heavy atom. The minimum atomic E-state index is -0.367. The van der Waals surface area contributed by atoms with E-state index in [2.05, 4.69) is 38.8 Å². The zero-order valence-electron chi connectivity index (χ0n) is 24.9. The number of urea groups is 1. The van der Waals surface area contributed by atoms with Crippen molar-refractivity contribution in [3.05, 3.63) is 66.4 Å². The Labute approximate surface area is 251 Å². The summed E-state index contributed by atoms with van der Waals surface area (Å²) in [5.74, 6) is 1.55. The molecule has 4 aromatic rings. The van der Waals surface area contributed by atoms with Gasteiger partial charge >= 0.3 is 6.03 Å². The van der Waals surface area contributed by atoms with E-state index in [0.717, 1.165) is 61.7 Å². The Kier molecular flexibility index (Phi) is 8.26. The summed E-state index contributed by atoms with van der Waals surface area (Å²) < 4.78 is 7.59. The first-order valence-corrected chi connectivity index (χ1v) is 14.8. The summed E-state index contributed by atoms with van der Waals surface area (Å²) in [4.78, 5) is 41.9. The van der Waals surface area contributed by atoms with Crippen LogP contribution in [0, 0.1) is 0 Å². The molecule has 0 saturated carbocycles. The average molecular weight is 583 g/mol. The molecule has 0 bridgehead atoms. The van der Waals surface area contributed by atoms with Crippen LogP contribution in [0.25, 0.3) is 22.4 Å². The van der Waals surface area contributed by atoms with Gasteiger partial charge in [-0.2, -0.15) is 0 Å². The third-order valence-electron chi connectivity index (χ3n) is 8.13. The van der Waals surface area contributed by atoms with Gasteiger partial charge in [-0.05, 0) is 68.4 Å². The number of anilines is 3. The number of nitrogens with one attached hydrogen (secondary N) is 2. The second-order valence-electron chi connectivity index (χ2n) is 11.3. The van der Waals surface area contributed by atoms with Gasteiger partial charge in [0.2, 0.25) is 0 Å². The molecular weight excluding hydrogens is 544 g/mol. The summed E-state index contributed by atoms with van der Waals surface area (Å²) in [5, 5.41) is 5.71. The molecular formula is C32H38N8O3. The largest absolute Gasteiger partial charge is 0.378 e. The highest BCUT2D eigenvalue weighted by Crippen LogP contribution is 2.29. The number of aromatic nitrogens is 3. The summed E-state index contributed by atoms with van der Waals surface area (Å²) >= 11 is 0. The molecule has 0 atom stereocenters. The van der Waals surface area contributed by atoms with Crippen LogP contribution in [0.5, 0.6) is 0 Å². The predicted octanol–water partition coefficient (Wildman–Crippen LogP) is 4.28. The standard InChI is InChI=1S/C32H38N8O3/c1-22(2)38-14-16-40(17-15-38)31(41)24-6-10-26(11-7-24)34-32(42)33-25-8-4-23(5-9-25)29-35-27-12-13-37(3)28(27)30(36-29)39-18-20-43-21-19-39/h4-13,22H,14-21H2,1-3H3,(H2,33,34,42). The number of nitrogens with zero attached hydrogens (tertiary/aromatic N) is 6. The quantitative estimate of drug-likeness (QED) is 0.349. The first-order chi connectivity index (χ1) is 20.9. The maximum absolute atomic E-state index is 12.9. The van der Waals surface area contributed by atoms with Gasteiger partial charge in [0.1, 0.15) is 5.52 Å². The van der Waals surface area contributed by atoms with Gasteiger partial charge in [-0.25, -0.2) is 14.8 Å². The van der Waals surface area contributed by atoms with E-state index in [-0.39, 0.29) is 11.9 Å². The number of benzene rings is 2. The number of fused-ring (bicyclic) bond motifs is 1. The van der Waals surface area contributed by atoms with Crippen molar-refractivity contribution in [3.8, 4) is 11.4 Å². The Morgan fingerprint density at radius 1 is 0.814 bits per heavy atom. The van der Waals surface area contributed by atoms with E-state index in [1.54, 1.807) is 24.3 Å². The third kappa shape index (κ3) is 6.32. The van der Waals surface area contributed by atoms with Crippen LogP contribution in [0.4, 0.5) is 22.0 Å². The summed E-state index contributed by atoms with van der Waals surface area (Å²) in [7, 11) is 2.00. The molecule has 0 unspecified atom stereocenters. The predicted molar refractivity (Wildman–Crippen MR) is 169 cm³/mol. The van der Waals surface area contributed by atoms with E-state index in [0.29, 0.717) is 42.0 Å². The molecule has 11 nitrogen and oxygen atoms in total. The summed E-state index contributed by atoms with van der Waals surface area (Å²) in [6.45, 7) is 10.5. The van der Waals surface area contributed by atoms with Crippen LogP contribution >= 0.6 is 0 Å². The fourth-order valence-corrected chi connectivity index (χ4v) is 5.61. The second kappa shape index (κ2) is 12.4. The van der Waals surface area contributed by atoms with Crippen molar-refractivity contribution in [1.82, 2.24) is 24.3 Å². The van der Waals surface area contributed by atoms with Crippen LogP contribution in [-0.2, 0) is 11.8 Å². The Balaban J connectivity index is 1.08. The van der Waals surface area contributed by atoms with Crippen molar-refractivity contribution < 1.29 is 14.3 Å². The zero-order chi connectivity index (χ0) is 29.9. The number of hydrogen-bond donors (Lipinski definition) is 2. The highest BCUT2D eigenvalue weighted by Gasteiger charge is 2.23. The maximum atomic E-state index is 12.9. The fraction of sp³-hybridized carbons (Fsp3) is 0.375. The van der Waals surface area contributed by atoms with Gasteiger partial charge < -0.3 is 29.7 Å². The molecule has 6 rings (SSSR count). The highest BCUT2D eigenvalue weighted by molar-refractivity contribution is 6.00. The smallest absolute Gasteiger partial charge is 0.323 e. The fourth-order valence-electron chi connectivity index (χ4n) is 5.61. The summed E-state index contributed by atoms with van der Waals surface area (Å²) in [6, 6.07) is 16.6. The number of carbonyl (C=O) groups is 2. The first kappa shape index (κ1) is 28.6. The molecule has 43 heavy (non-hydrogen) atoms. The normalized spacial score (nSPS) is 16.1.